The normalized spacial score (nSPS) is 10.0. The van der Waals surface area contributed by atoms with Crippen LogP contribution in [0.5, 0.6) is 0 Å². The minimum atomic E-state index is 0.974. The van der Waals surface area contributed by atoms with Crippen molar-refractivity contribution >= 4 is 0 Å². The van der Waals surface area contributed by atoms with Crippen LogP contribution in [0.3, 0.4) is 0 Å². The zero-order valence-electron chi connectivity index (χ0n) is 6.75. The average molecular weight is 156 g/mol. The topological polar surface area (TPSA) is 15.8 Å². The fourth-order valence-electron chi connectivity index (χ4n) is 1.24. The largest absolute Gasteiger partial charge is 0.365 e. The van der Waals surface area contributed by atoms with E-state index in [1.165, 1.54) is 11.3 Å². The molecule has 1 N–H and O–H groups in total. The Morgan fingerprint density at radius 1 is 1.17 bits per heavy atom. The van der Waals surface area contributed by atoms with Gasteiger partial charge in [-0.3, -0.25) is 0 Å². The van der Waals surface area contributed by atoms with Crippen LogP contribution in [0.15, 0.2) is 42.6 Å². The molecule has 1 aromatic carbocycles. The quantitative estimate of drug-likeness (QED) is 0.687. The molecule has 0 saturated carbocycles. The molecule has 1 aromatic heterocycles. The van der Waals surface area contributed by atoms with Gasteiger partial charge in [0.05, 0.1) is 0 Å². The average Bonchev–Trinajstić information content (AvgIpc) is 2.59. The summed E-state index contributed by atoms with van der Waals surface area (Å²) in [5.74, 6) is 0. The van der Waals surface area contributed by atoms with Crippen LogP contribution in [0.25, 0.3) is 0 Å². The number of rotatable bonds is 2. The highest BCUT2D eigenvalue weighted by Gasteiger charge is 1.93. The Morgan fingerprint density at radius 2 is 2.00 bits per heavy atom. The molecule has 0 aliphatic carbocycles. The second-order valence-corrected chi connectivity index (χ2v) is 2.78. The minimum absolute atomic E-state index is 0.974. The van der Waals surface area contributed by atoms with Crippen molar-refractivity contribution in [3.63, 3.8) is 0 Å². The third kappa shape index (κ3) is 1.56. The monoisotopic (exact) mass is 156 g/mol. The van der Waals surface area contributed by atoms with Gasteiger partial charge in [0.1, 0.15) is 0 Å². The Labute approximate surface area is 72.1 Å². The number of benzene rings is 1. The molecule has 0 saturated heterocycles. The van der Waals surface area contributed by atoms with E-state index in [-0.39, 0.29) is 0 Å². The number of aromatic nitrogens is 1. The first-order valence-corrected chi connectivity index (χ1v) is 4.02. The van der Waals surface area contributed by atoms with Gasteiger partial charge in [-0.1, -0.05) is 24.3 Å². The lowest BCUT2D eigenvalue weighted by Gasteiger charge is -1.96. The number of H-pyrrole nitrogens is 1. The summed E-state index contributed by atoms with van der Waals surface area (Å²) in [5, 5.41) is 0. The molecule has 0 aliphatic rings. The standard InChI is InChI=1S/C11H10N/c1-2-5-10(6-3-1)9-11-7-4-8-12-11/h2-8,12H,9H2. The molecule has 0 atom stereocenters. The highest BCUT2D eigenvalue weighted by atomic mass is 14.7. The third-order valence-corrected chi connectivity index (χ3v) is 1.84. The van der Waals surface area contributed by atoms with Gasteiger partial charge in [0.25, 0.3) is 0 Å². The molecule has 0 fully saturated rings. The van der Waals surface area contributed by atoms with Gasteiger partial charge >= 0.3 is 0 Å². The van der Waals surface area contributed by atoms with Crippen molar-refractivity contribution in [3.8, 4) is 0 Å². The zero-order chi connectivity index (χ0) is 8.23. The fourth-order valence-corrected chi connectivity index (χ4v) is 1.24. The van der Waals surface area contributed by atoms with Crippen molar-refractivity contribution in [1.82, 2.24) is 4.98 Å². The molecule has 59 valence electrons. The van der Waals surface area contributed by atoms with Crippen LogP contribution in [0.2, 0.25) is 0 Å². The van der Waals surface area contributed by atoms with E-state index in [4.69, 9.17) is 0 Å². The summed E-state index contributed by atoms with van der Waals surface area (Å²) in [6.45, 7) is 0. The van der Waals surface area contributed by atoms with Gasteiger partial charge < -0.3 is 4.98 Å². The van der Waals surface area contributed by atoms with Crippen molar-refractivity contribution < 1.29 is 0 Å². The molecule has 0 spiro atoms. The predicted octanol–water partition coefficient (Wildman–Crippen LogP) is 2.41. The van der Waals surface area contributed by atoms with E-state index >= 15 is 0 Å². The van der Waals surface area contributed by atoms with Crippen molar-refractivity contribution in [1.29, 1.82) is 0 Å². The summed E-state index contributed by atoms with van der Waals surface area (Å²) in [7, 11) is 0. The molecule has 2 rings (SSSR count). The van der Waals surface area contributed by atoms with Crippen molar-refractivity contribution in [3.05, 3.63) is 59.9 Å². The lowest BCUT2D eigenvalue weighted by molar-refractivity contribution is 1.11. The Hall–Kier alpha value is -1.50. The molecule has 1 heterocycles. The second kappa shape index (κ2) is 3.26. The van der Waals surface area contributed by atoms with E-state index in [0.717, 1.165) is 6.42 Å². The lowest BCUT2D eigenvalue weighted by atomic mass is 10.1. The van der Waals surface area contributed by atoms with Crippen LogP contribution in [0, 0.1) is 6.07 Å². The maximum Gasteiger partial charge on any atom is 0.0191 e. The van der Waals surface area contributed by atoms with Gasteiger partial charge in [-0.05, 0) is 23.8 Å². The van der Waals surface area contributed by atoms with Crippen LogP contribution in [-0.4, -0.2) is 4.98 Å². The van der Waals surface area contributed by atoms with Gasteiger partial charge in [-0.15, -0.1) is 0 Å². The lowest BCUT2D eigenvalue weighted by Crippen LogP contribution is -1.86. The van der Waals surface area contributed by atoms with E-state index in [0.29, 0.717) is 0 Å². The molecule has 1 nitrogen and oxygen atoms in total. The Kier molecular flexibility index (Phi) is 1.95. The molecule has 2 aromatic rings. The maximum absolute atomic E-state index is 3.18. The first-order chi connectivity index (χ1) is 5.95. The molecular weight excluding hydrogens is 146 g/mol. The summed E-state index contributed by atoms with van der Waals surface area (Å²) >= 11 is 0. The van der Waals surface area contributed by atoms with Gasteiger partial charge in [0.2, 0.25) is 0 Å². The van der Waals surface area contributed by atoms with E-state index in [1.807, 2.05) is 24.4 Å². The molecule has 1 radical (unpaired) electrons. The van der Waals surface area contributed by atoms with E-state index in [2.05, 4.69) is 29.2 Å². The van der Waals surface area contributed by atoms with Crippen LogP contribution in [0.4, 0.5) is 0 Å². The number of aromatic amines is 1. The van der Waals surface area contributed by atoms with E-state index < -0.39 is 0 Å². The molecule has 0 amide bonds. The Bertz CT molecular complexity index is 321. The molecule has 0 bridgehead atoms. The van der Waals surface area contributed by atoms with Crippen LogP contribution in [-0.2, 0) is 6.42 Å². The van der Waals surface area contributed by atoms with Gasteiger partial charge in [0, 0.05) is 18.3 Å². The number of hydrogen-bond acceptors (Lipinski definition) is 0. The SMILES string of the molecule is [c]1ccc(Cc2ccc[nH]2)cc1. The first kappa shape index (κ1) is 7.17. The van der Waals surface area contributed by atoms with Crippen LogP contribution in [0.1, 0.15) is 11.3 Å². The van der Waals surface area contributed by atoms with Crippen molar-refractivity contribution in [2.45, 2.75) is 6.42 Å². The third-order valence-electron chi connectivity index (χ3n) is 1.84. The fraction of sp³-hybridized carbons (Fsp3) is 0.0909. The van der Waals surface area contributed by atoms with E-state index in [1.54, 1.807) is 0 Å². The molecular formula is C11H10N. The Morgan fingerprint density at radius 3 is 2.67 bits per heavy atom. The van der Waals surface area contributed by atoms with E-state index in [9.17, 15) is 0 Å². The highest BCUT2D eigenvalue weighted by molar-refractivity contribution is 5.20. The first-order valence-electron chi connectivity index (χ1n) is 4.02. The molecule has 0 unspecified atom stereocenters. The molecule has 12 heavy (non-hydrogen) atoms. The summed E-state index contributed by atoms with van der Waals surface area (Å²) in [6, 6.07) is 15.2. The maximum atomic E-state index is 3.18. The smallest absolute Gasteiger partial charge is 0.0191 e. The highest BCUT2D eigenvalue weighted by Crippen LogP contribution is 2.05. The minimum Gasteiger partial charge on any atom is -0.365 e. The van der Waals surface area contributed by atoms with Crippen molar-refractivity contribution in [2.75, 3.05) is 0 Å². The summed E-state index contributed by atoms with van der Waals surface area (Å²) < 4.78 is 0. The van der Waals surface area contributed by atoms with Crippen LogP contribution >= 0.6 is 0 Å². The summed E-state index contributed by atoms with van der Waals surface area (Å²) in [6.07, 6.45) is 2.92. The van der Waals surface area contributed by atoms with Crippen LogP contribution < -0.4 is 0 Å². The number of nitrogens with one attached hydrogen (secondary N) is 1. The van der Waals surface area contributed by atoms with Gasteiger partial charge in [-0.25, -0.2) is 0 Å². The van der Waals surface area contributed by atoms with Gasteiger partial charge in [0.15, 0.2) is 0 Å². The predicted molar refractivity (Wildman–Crippen MR) is 48.9 cm³/mol. The summed E-state index contributed by atoms with van der Waals surface area (Å²) in [4.78, 5) is 3.18. The molecule has 0 aliphatic heterocycles. The van der Waals surface area contributed by atoms with Gasteiger partial charge in [-0.2, -0.15) is 0 Å². The Balaban J connectivity index is 2.15. The second-order valence-electron chi connectivity index (χ2n) is 2.78. The number of hydrogen-bond donors (Lipinski definition) is 1. The summed E-state index contributed by atoms with van der Waals surface area (Å²) in [5.41, 5.74) is 2.57. The van der Waals surface area contributed by atoms with Crippen molar-refractivity contribution in [2.24, 2.45) is 0 Å². The zero-order valence-corrected chi connectivity index (χ0v) is 6.75. The molecule has 1 heteroatoms.